The largest absolute Gasteiger partial charge is 0.290 e. The third-order valence-corrected chi connectivity index (χ3v) is 3.97. The topological polar surface area (TPSA) is 52.7 Å². The van der Waals surface area contributed by atoms with E-state index in [2.05, 4.69) is 23.9 Å². The molecule has 0 saturated heterocycles. The van der Waals surface area contributed by atoms with Crippen LogP contribution in [0.1, 0.15) is 37.8 Å². The number of aryl methyl sites for hydroxylation is 1. The first-order valence-corrected chi connectivity index (χ1v) is 7.36. The molecule has 6 heteroatoms. The zero-order valence-electron chi connectivity index (χ0n) is 11.3. The molecule has 0 spiro atoms. The molecule has 19 heavy (non-hydrogen) atoms. The maximum atomic E-state index is 12.1. The van der Waals surface area contributed by atoms with E-state index in [0.29, 0.717) is 22.0 Å². The van der Waals surface area contributed by atoms with Crippen LogP contribution in [0.5, 0.6) is 0 Å². The van der Waals surface area contributed by atoms with Gasteiger partial charge in [-0.1, -0.05) is 6.92 Å². The highest BCUT2D eigenvalue weighted by Crippen LogP contribution is 2.10. The maximum absolute atomic E-state index is 12.1. The Kier molecular flexibility index (Phi) is 4.38. The summed E-state index contributed by atoms with van der Waals surface area (Å²) in [5.74, 6) is 0.712. The molecule has 0 saturated carbocycles. The Labute approximate surface area is 125 Å². The van der Waals surface area contributed by atoms with Crippen LogP contribution in [-0.2, 0) is 6.54 Å². The first kappa shape index (κ1) is 14.2. The summed E-state index contributed by atoms with van der Waals surface area (Å²) in [7, 11) is 0. The van der Waals surface area contributed by atoms with Gasteiger partial charge in [0.2, 0.25) is 0 Å². The lowest BCUT2D eigenvalue weighted by molar-refractivity contribution is 0.471. The molecule has 0 aliphatic heterocycles. The van der Waals surface area contributed by atoms with Crippen molar-refractivity contribution < 1.29 is 0 Å². The van der Waals surface area contributed by atoms with Gasteiger partial charge in [0.25, 0.3) is 5.56 Å². The van der Waals surface area contributed by atoms with Gasteiger partial charge in [0, 0.05) is 18.4 Å². The summed E-state index contributed by atoms with van der Waals surface area (Å²) >= 11 is 2.01. The molecule has 0 aliphatic rings. The molecule has 0 radical (unpaired) electrons. The highest BCUT2D eigenvalue weighted by atomic mass is 127. The predicted octanol–water partition coefficient (Wildman–Crippen LogP) is 2.37. The van der Waals surface area contributed by atoms with E-state index in [-0.39, 0.29) is 5.56 Å². The van der Waals surface area contributed by atoms with Crippen LogP contribution >= 0.6 is 22.6 Å². The smallest absolute Gasteiger partial charge is 0.267 e. The van der Waals surface area contributed by atoms with E-state index in [1.807, 2.05) is 46.5 Å². The van der Waals surface area contributed by atoms with Crippen LogP contribution in [0.4, 0.5) is 0 Å². The lowest BCUT2D eigenvalue weighted by atomic mass is 10.3. The monoisotopic (exact) mass is 372 g/mol. The van der Waals surface area contributed by atoms with Gasteiger partial charge in [-0.05, 0) is 48.9 Å². The van der Waals surface area contributed by atoms with E-state index >= 15 is 0 Å². The summed E-state index contributed by atoms with van der Waals surface area (Å²) < 4.78 is 4.23. The van der Waals surface area contributed by atoms with E-state index in [1.165, 1.54) is 0 Å². The third kappa shape index (κ3) is 3.05. The van der Waals surface area contributed by atoms with E-state index in [0.717, 1.165) is 12.1 Å². The van der Waals surface area contributed by atoms with Gasteiger partial charge in [-0.3, -0.25) is 14.0 Å². The summed E-state index contributed by atoms with van der Waals surface area (Å²) in [6.45, 7) is 6.56. The van der Waals surface area contributed by atoms with Crippen molar-refractivity contribution >= 4 is 22.6 Å². The van der Waals surface area contributed by atoms with Gasteiger partial charge < -0.3 is 0 Å². The number of halogens is 1. The van der Waals surface area contributed by atoms with Crippen molar-refractivity contribution in [3.63, 3.8) is 0 Å². The molecular weight excluding hydrogens is 355 g/mol. The minimum Gasteiger partial charge on any atom is -0.290 e. The van der Waals surface area contributed by atoms with Crippen molar-refractivity contribution in [2.45, 2.75) is 39.8 Å². The van der Waals surface area contributed by atoms with Crippen molar-refractivity contribution in [3.05, 3.63) is 43.9 Å². The molecule has 0 bridgehead atoms. The molecule has 5 nitrogen and oxygen atoms in total. The molecule has 102 valence electrons. The van der Waals surface area contributed by atoms with Crippen LogP contribution in [0.3, 0.4) is 0 Å². The second-order valence-electron chi connectivity index (χ2n) is 4.59. The first-order chi connectivity index (χ1) is 9.02. The standard InChI is InChI=1S/C13H17IN4O/c1-4-9(2)18-6-5-11(16-18)8-17-10(3)15-7-12(14)13(17)19/h5-7,9H,4,8H2,1-3H3. The fraction of sp³-hybridized carbons (Fsp3) is 0.462. The second-order valence-corrected chi connectivity index (χ2v) is 5.75. The highest BCUT2D eigenvalue weighted by molar-refractivity contribution is 14.1. The van der Waals surface area contributed by atoms with Gasteiger partial charge in [-0.2, -0.15) is 5.10 Å². The van der Waals surface area contributed by atoms with Gasteiger partial charge in [0.1, 0.15) is 5.82 Å². The summed E-state index contributed by atoms with van der Waals surface area (Å²) in [5, 5.41) is 4.51. The number of hydrogen-bond acceptors (Lipinski definition) is 3. The maximum Gasteiger partial charge on any atom is 0.267 e. The molecule has 1 unspecified atom stereocenters. The zero-order chi connectivity index (χ0) is 14.0. The summed E-state index contributed by atoms with van der Waals surface area (Å²) in [6, 6.07) is 2.33. The molecule has 1 atom stereocenters. The van der Waals surface area contributed by atoms with Crippen molar-refractivity contribution in [2.24, 2.45) is 0 Å². The molecule has 0 aromatic carbocycles. The van der Waals surface area contributed by atoms with Gasteiger partial charge in [0.05, 0.1) is 15.8 Å². The Hall–Kier alpha value is -1.18. The first-order valence-electron chi connectivity index (χ1n) is 6.29. The number of aromatic nitrogens is 4. The number of rotatable bonds is 4. The molecule has 0 fully saturated rings. The average Bonchev–Trinajstić information content (AvgIpc) is 2.87. The quantitative estimate of drug-likeness (QED) is 0.775. The van der Waals surface area contributed by atoms with Crippen molar-refractivity contribution in [2.75, 3.05) is 0 Å². The zero-order valence-corrected chi connectivity index (χ0v) is 13.5. The summed E-state index contributed by atoms with van der Waals surface area (Å²) in [6.07, 6.45) is 4.60. The SMILES string of the molecule is CCC(C)n1ccc(Cn2c(C)ncc(I)c2=O)n1. The van der Waals surface area contributed by atoms with Gasteiger partial charge in [0.15, 0.2) is 0 Å². The molecule has 2 aromatic heterocycles. The van der Waals surface area contributed by atoms with Gasteiger partial charge >= 0.3 is 0 Å². The Morgan fingerprint density at radius 3 is 2.89 bits per heavy atom. The molecule has 2 heterocycles. The molecule has 0 aliphatic carbocycles. The lowest BCUT2D eigenvalue weighted by Gasteiger charge is -2.09. The van der Waals surface area contributed by atoms with Crippen molar-refractivity contribution in [3.8, 4) is 0 Å². The van der Waals surface area contributed by atoms with E-state index in [4.69, 9.17) is 0 Å². The van der Waals surface area contributed by atoms with Crippen LogP contribution in [0.15, 0.2) is 23.3 Å². The highest BCUT2D eigenvalue weighted by Gasteiger charge is 2.09. The summed E-state index contributed by atoms with van der Waals surface area (Å²) in [5.41, 5.74) is 0.875. The van der Waals surface area contributed by atoms with Crippen LogP contribution in [0, 0.1) is 10.5 Å². The lowest BCUT2D eigenvalue weighted by Crippen LogP contribution is -2.26. The minimum atomic E-state index is -0.00816. The average molecular weight is 372 g/mol. The van der Waals surface area contributed by atoms with E-state index in [1.54, 1.807) is 10.8 Å². The minimum absolute atomic E-state index is 0.00816. The second kappa shape index (κ2) is 5.85. The molecular formula is C13H17IN4O. The Bertz CT molecular complexity index is 632. The molecule has 0 N–H and O–H groups in total. The Morgan fingerprint density at radius 2 is 2.21 bits per heavy atom. The fourth-order valence-corrected chi connectivity index (χ4v) is 2.22. The normalized spacial score (nSPS) is 12.6. The van der Waals surface area contributed by atoms with Crippen LogP contribution in [-0.4, -0.2) is 19.3 Å². The Balaban J connectivity index is 2.29. The molecule has 2 rings (SSSR count). The third-order valence-electron chi connectivity index (χ3n) is 3.23. The predicted molar refractivity (Wildman–Crippen MR) is 82.3 cm³/mol. The van der Waals surface area contributed by atoms with E-state index < -0.39 is 0 Å². The van der Waals surface area contributed by atoms with Crippen LogP contribution in [0.2, 0.25) is 0 Å². The Morgan fingerprint density at radius 1 is 1.47 bits per heavy atom. The van der Waals surface area contributed by atoms with Crippen LogP contribution < -0.4 is 5.56 Å². The van der Waals surface area contributed by atoms with E-state index in [9.17, 15) is 4.79 Å². The molecule has 0 amide bonds. The van der Waals surface area contributed by atoms with Crippen LogP contribution in [0.25, 0.3) is 0 Å². The van der Waals surface area contributed by atoms with Crippen molar-refractivity contribution in [1.82, 2.24) is 19.3 Å². The number of nitrogens with zero attached hydrogens (tertiary/aromatic N) is 4. The van der Waals surface area contributed by atoms with Gasteiger partial charge in [-0.15, -0.1) is 0 Å². The fourth-order valence-electron chi connectivity index (χ4n) is 1.79. The summed E-state index contributed by atoms with van der Waals surface area (Å²) in [4.78, 5) is 16.3. The van der Waals surface area contributed by atoms with Gasteiger partial charge in [-0.25, -0.2) is 4.98 Å². The number of hydrogen-bond donors (Lipinski definition) is 0. The van der Waals surface area contributed by atoms with Crippen molar-refractivity contribution in [1.29, 1.82) is 0 Å². The molecule has 2 aromatic rings.